The summed E-state index contributed by atoms with van der Waals surface area (Å²) in [5, 5.41) is 12.9. The summed E-state index contributed by atoms with van der Waals surface area (Å²) in [7, 11) is 0. The quantitative estimate of drug-likeness (QED) is 0.874. The Balaban J connectivity index is 2.24. The van der Waals surface area contributed by atoms with Crippen molar-refractivity contribution in [1.82, 2.24) is 0 Å². The van der Waals surface area contributed by atoms with E-state index in [1.807, 2.05) is 0 Å². The molecule has 17 heavy (non-hydrogen) atoms. The van der Waals surface area contributed by atoms with E-state index in [0.717, 1.165) is 12.8 Å². The van der Waals surface area contributed by atoms with Crippen molar-refractivity contribution in [2.45, 2.75) is 31.7 Å². The second-order valence-corrected chi connectivity index (χ2v) is 5.06. The molecule has 0 atom stereocenters. The Hall–Kier alpha value is -0.930. The van der Waals surface area contributed by atoms with Crippen LogP contribution in [0.15, 0.2) is 12.1 Å². The van der Waals surface area contributed by atoms with Crippen LogP contribution in [0.25, 0.3) is 0 Å². The normalized spacial score (nSPS) is 16.1. The zero-order valence-electron chi connectivity index (χ0n) is 9.17. The summed E-state index contributed by atoms with van der Waals surface area (Å²) in [5.41, 5.74) is 0.752. The second-order valence-electron chi connectivity index (χ2n) is 4.25. The molecule has 0 unspecified atom stereocenters. The first-order valence-electron chi connectivity index (χ1n) is 5.57. The molecule has 0 aromatic heterocycles. The smallest absolute Gasteiger partial charge is 0.335 e. The third-order valence-electron chi connectivity index (χ3n) is 2.99. The molecule has 1 saturated carbocycles. The van der Waals surface area contributed by atoms with Crippen molar-refractivity contribution in [3.63, 3.8) is 0 Å². The molecule has 0 radical (unpaired) electrons. The van der Waals surface area contributed by atoms with Gasteiger partial charge in [-0.05, 0) is 25.0 Å². The average Bonchev–Trinajstić information content (AvgIpc) is 2.75. The molecule has 92 valence electrons. The van der Waals surface area contributed by atoms with Crippen LogP contribution < -0.4 is 5.32 Å². The number of benzene rings is 1. The lowest BCUT2D eigenvalue weighted by atomic mass is 10.1. The summed E-state index contributed by atoms with van der Waals surface area (Å²) < 4.78 is 0. The zero-order valence-corrected chi connectivity index (χ0v) is 10.7. The first kappa shape index (κ1) is 12.5. The lowest BCUT2D eigenvalue weighted by molar-refractivity contribution is 0.0697. The number of halogens is 2. The number of carboxylic acids is 1. The Morgan fingerprint density at radius 3 is 2.24 bits per heavy atom. The van der Waals surface area contributed by atoms with Crippen molar-refractivity contribution in [3.8, 4) is 0 Å². The van der Waals surface area contributed by atoms with Crippen LogP contribution in [0, 0.1) is 0 Å². The molecule has 0 bridgehead atoms. The molecule has 0 aliphatic heterocycles. The first-order valence-corrected chi connectivity index (χ1v) is 6.32. The van der Waals surface area contributed by atoms with Gasteiger partial charge in [0.2, 0.25) is 0 Å². The molecular weight excluding hydrogens is 261 g/mol. The monoisotopic (exact) mass is 273 g/mol. The van der Waals surface area contributed by atoms with Gasteiger partial charge in [0, 0.05) is 6.04 Å². The minimum absolute atomic E-state index is 0.108. The first-order chi connectivity index (χ1) is 8.08. The lowest BCUT2D eigenvalue weighted by Gasteiger charge is -2.16. The van der Waals surface area contributed by atoms with Gasteiger partial charge in [0.25, 0.3) is 0 Å². The Bertz CT molecular complexity index is 419. The van der Waals surface area contributed by atoms with Crippen LogP contribution in [0.1, 0.15) is 36.0 Å². The number of anilines is 1. The molecule has 1 fully saturated rings. The number of hydrogen-bond donors (Lipinski definition) is 2. The van der Waals surface area contributed by atoms with Crippen LogP contribution in [-0.2, 0) is 0 Å². The summed E-state index contributed by atoms with van der Waals surface area (Å²) in [6, 6.07) is 3.24. The number of rotatable bonds is 3. The molecule has 1 aliphatic carbocycles. The van der Waals surface area contributed by atoms with Crippen molar-refractivity contribution < 1.29 is 9.90 Å². The van der Waals surface area contributed by atoms with Crippen LogP contribution >= 0.6 is 23.2 Å². The van der Waals surface area contributed by atoms with Gasteiger partial charge < -0.3 is 10.4 Å². The predicted molar refractivity (Wildman–Crippen MR) is 69.3 cm³/mol. The third kappa shape index (κ3) is 2.85. The standard InChI is InChI=1S/C12H13Cl2NO2/c13-9-5-7(12(16)17)6-10(14)11(9)15-8-3-1-2-4-8/h5-6,8,15H,1-4H2,(H,16,17). The van der Waals surface area contributed by atoms with E-state index in [1.165, 1.54) is 25.0 Å². The fourth-order valence-corrected chi connectivity index (χ4v) is 2.70. The van der Waals surface area contributed by atoms with E-state index in [9.17, 15) is 4.79 Å². The summed E-state index contributed by atoms with van der Waals surface area (Å²) in [6.45, 7) is 0. The van der Waals surface area contributed by atoms with E-state index < -0.39 is 5.97 Å². The fraction of sp³-hybridized carbons (Fsp3) is 0.417. The number of carbonyl (C=O) groups is 1. The topological polar surface area (TPSA) is 49.3 Å². The van der Waals surface area contributed by atoms with Crippen molar-refractivity contribution in [2.75, 3.05) is 5.32 Å². The molecule has 0 saturated heterocycles. The van der Waals surface area contributed by atoms with E-state index in [4.69, 9.17) is 28.3 Å². The molecule has 1 aromatic rings. The summed E-state index contributed by atoms with van der Waals surface area (Å²) in [4.78, 5) is 10.8. The SMILES string of the molecule is O=C(O)c1cc(Cl)c(NC2CCCC2)c(Cl)c1. The molecule has 2 N–H and O–H groups in total. The largest absolute Gasteiger partial charge is 0.478 e. The number of carboxylic acid groups (broad SMARTS) is 1. The van der Waals surface area contributed by atoms with Crippen LogP contribution in [0.2, 0.25) is 10.0 Å². The molecule has 1 aliphatic rings. The summed E-state index contributed by atoms with van der Waals surface area (Å²) in [6.07, 6.45) is 4.63. The van der Waals surface area contributed by atoms with Crippen molar-refractivity contribution in [1.29, 1.82) is 0 Å². The fourth-order valence-electron chi connectivity index (χ4n) is 2.11. The zero-order chi connectivity index (χ0) is 12.4. The van der Waals surface area contributed by atoms with Crippen molar-refractivity contribution in [3.05, 3.63) is 27.7 Å². The molecule has 0 spiro atoms. The Morgan fingerprint density at radius 1 is 1.24 bits per heavy atom. The molecule has 2 rings (SSSR count). The van der Waals surface area contributed by atoms with Gasteiger partial charge in [-0.3, -0.25) is 0 Å². The molecule has 0 heterocycles. The molecular formula is C12H13Cl2NO2. The van der Waals surface area contributed by atoms with Gasteiger partial charge in [0.05, 0.1) is 21.3 Å². The van der Waals surface area contributed by atoms with Gasteiger partial charge in [-0.1, -0.05) is 36.0 Å². The number of aromatic carboxylic acids is 1. The van der Waals surface area contributed by atoms with E-state index in [1.54, 1.807) is 0 Å². The highest BCUT2D eigenvalue weighted by Gasteiger charge is 2.18. The van der Waals surface area contributed by atoms with Crippen LogP contribution in [0.3, 0.4) is 0 Å². The van der Waals surface area contributed by atoms with E-state index in [0.29, 0.717) is 21.8 Å². The highest BCUT2D eigenvalue weighted by atomic mass is 35.5. The average molecular weight is 274 g/mol. The van der Waals surface area contributed by atoms with Gasteiger partial charge in [0.15, 0.2) is 0 Å². The van der Waals surface area contributed by atoms with Gasteiger partial charge in [-0.2, -0.15) is 0 Å². The van der Waals surface area contributed by atoms with Crippen LogP contribution in [-0.4, -0.2) is 17.1 Å². The highest BCUT2D eigenvalue weighted by molar-refractivity contribution is 6.39. The van der Waals surface area contributed by atoms with Gasteiger partial charge in [0.1, 0.15) is 0 Å². The minimum Gasteiger partial charge on any atom is -0.478 e. The summed E-state index contributed by atoms with van der Waals surface area (Å²) >= 11 is 12.1. The lowest BCUT2D eigenvalue weighted by Crippen LogP contribution is -2.15. The van der Waals surface area contributed by atoms with Gasteiger partial charge >= 0.3 is 5.97 Å². The maximum absolute atomic E-state index is 10.8. The van der Waals surface area contributed by atoms with Crippen LogP contribution in [0.4, 0.5) is 5.69 Å². The minimum atomic E-state index is -1.03. The van der Waals surface area contributed by atoms with E-state index in [2.05, 4.69) is 5.32 Å². The van der Waals surface area contributed by atoms with Crippen LogP contribution in [0.5, 0.6) is 0 Å². The molecule has 3 nitrogen and oxygen atoms in total. The maximum atomic E-state index is 10.8. The van der Waals surface area contributed by atoms with E-state index in [-0.39, 0.29) is 5.56 Å². The second kappa shape index (κ2) is 5.15. The van der Waals surface area contributed by atoms with E-state index >= 15 is 0 Å². The highest BCUT2D eigenvalue weighted by Crippen LogP contribution is 2.34. The third-order valence-corrected chi connectivity index (χ3v) is 3.59. The number of nitrogens with one attached hydrogen (secondary N) is 1. The Morgan fingerprint density at radius 2 is 1.76 bits per heavy atom. The van der Waals surface area contributed by atoms with Crippen molar-refractivity contribution in [2.24, 2.45) is 0 Å². The summed E-state index contributed by atoms with van der Waals surface area (Å²) in [5.74, 6) is -1.03. The molecule has 1 aromatic carbocycles. The molecule has 5 heteroatoms. The predicted octanol–water partition coefficient (Wildman–Crippen LogP) is 4.05. The number of hydrogen-bond acceptors (Lipinski definition) is 2. The Kier molecular flexibility index (Phi) is 3.79. The maximum Gasteiger partial charge on any atom is 0.335 e. The van der Waals surface area contributed by atoms with Gasteiger partial charge in [-0.15, -0.1) is 0 Å². The molecule has 0 amide bonds. The Labute approximate surface area is 110 Å². The van der Waals surface area contributed by atoms with Gasteiger partial charge in [-0.25, -0.2) is 4.79 Å². The van der Waals surface area contributed by atoms with Crippen molar-refractivity contribution >= 4 is 34.9 Å².